The first-order valence-electron chi connectivity index (χ1n) is 3.01. The molecule has 0 saturated carbocycles. The molecule has 0 saturated heterocycles. The summed E-state index contributed by atoms with van der Waals surface area (Å²) in [6.07, 6.45) is 3.95. The lowest BCUT2D eigenvalue weighted by atomic mass is 10.1. The molecule has 0 aromatic rings. The molecule has 0 radical (unpaired) electrons. The molecule has 1 aliphatic rings. The highest BCUT2D eigenvalue weighted by Crippen LogP contribution is 2.14. The van der Waals surface area contributed by atoms with Gasteiger partial charge in [-0.3, -0.25) is 0 Å². The summed E-state index contributed by atoms with van der Waals surface area (Å²) >= 11 is 0. The topological polar surface area (TPSA) is 12.0 Å². The lowest BCUT2D eigenvalue weighted by Crippen LogP contribution is -2.09. The normalized spacial score (nSPS) is 18.2. The molecule has 0 unspecified atom stereocenters. The quantitative estimate of drug-likeness (QED) is 0.516. The van der Waals surface area contributed by atoms with E-state index in [0.29, 0.717) is 0 Å². The molecule has 1 rings (SSSR count). The molecular formula is C8H11N. The number of nitrogens with one attached hydrogen (secondary N) is 1. The first-order chi connectivity index (χ1) is 4.22. The van der Waals surface area contributed by atoms with Crippen molar-refractivity contribution < 1.29 is 0 Å². The fourth-order valence-corrected chi connectivity index (χ4v) is 0.739. The molecule has 0 atom stereocenters. The van der Waals surface area contributed by atoms with E-state index in [4.69, 9.17) is 0 Å². The Hall–Kier alpha value is -0.980. The van der Waals surface area contributed by atoms with Crippen LogP contribution in [0.15, 0.2) is 35.7 Å². The zero-order chi connectivity index (χ0) is 6.85. The highest BCUT2D eigenvalue weighted by Gasteiger charge is 2.00. The van der Waals surface area contributed by atoms with Crippen LogP contribution in [0.1, 0.15) is 13.8 Å². The molecule has 9 heavy (non-hydrogen) atoms. The van der Waals surface area contributed by atoms with Gasteiger partial charge in [-0.2, -0.15) is 0 Å². The highest BCUT2D eigenvalue weighted by molar-refractivity contribution is 5.39. The first-order valence-corrected chi connectivity index (χ1v) is 3.01. The van der Waals surface area contributed by atoms with E-state index in [2.05, 4.69) is 25.7 Å². The molecular weight excluding hydrogens is 110 g/mol. The molecule has 0 aromatic carbocycles. The third kappa shape index (κ3) is 1.04. The smallest absolute Gasteiger partial charge is 0.0339 e. The summed E-state index contributed by atoms with van der Waals surface area (Å²) in [7, 11) is 0. The SMILES string of the molecule is C=C1NC=CC(C)=C1C. The summed E-state index contributed by atoms with van der Waals surface area (Å²) in [6, 6.07) is 0. The van der Waals surface area contributed by atoms with E-state index >= 15 is 0 Å². The van der Waals surface area contributed by atoms with Crippen LogP contribution in [-0.2, 0) is 0 Å². The predicted octanol–water partition coefficient (Wildman–Crippen LogP) is 1.95. The molecule has 1 N–H and O–H groups in total. The van der Waals surface area contributed by atoms with Gasteiger partial charge in [-0.05, 0) is 31.1 Å². The van der Waals surface area contributed by atoms with Crippen LogP contribution in [0.4, 0.5) is 0 Å². The Morgan fingerprint density at radius 1 is 1.44 bits per heavy atom. The van der Waals surface area contributed by atoms with E-state index in [1.807, 2.05) is 12.3 Å². The van der Waals surface area contributed by atoms with Crippen molar-refractivity contribution in [1.82, 2.24) is 5.32 Å². The van der Waals surface area contributed by atoms with Crippen molar-refractivity contribution in [3.05, 3.63) is 35.7 Å². The van der Waals surface area contributed by atoms with Crippen molar-refractivity contribution in [2.45, 2.75) is 13.8 Å². The molecule has 48 valence electrons. The van der Waals surface area contributed by atoms with E-state index < -0.39 is 0 Å². The number of hydrogen-bond donors (Lipinski definition) is 1. The van der Waals surface area contributed by atoms with E-state index in [1.165, 1.54) is 11.1 Å². The third-order valence-electron chi connectivity index (χ3n) is 1.64. The second-order valence-electron chi connectivity index (χ2n) is 2.26. The average molecular weight is 121 g/mol. The van der Waals surface area contributed by atoms with E-state index in [9.17, 15) is 0 Å². The largest absolute Gasteiger partial charge is 0.362 e. The fraction of sp³-hybridized carbons (Fsp3) is 0.250. The van der Waals surface area contributed by atoms with Crippen LogP contribution in [0.3, 0.4) is 0 Å². The van der Waals surface area contributed by atoms with Crippen molar-refractivity contribution in [3.8, 4) is 0 Å². The third-order valence-corrected chi connectivity index (χ3v) is 1.64. The zero-order valence-electron chi connectivity index (χ0n) is 5.86. The lowest BCUT2D eigenvalue weighted by molar-refractivity contribution is 1.03. The summed E-state index contributed by atoms with van der Waals surface area (Å²) in [4.78, 5) is 0. The fourth-order valence-electron chi connectivity index (χ4n) is 0.739. The Balaban J connectivity index is 2.97. The van der Waals surface area contributed by atoms with Gasteiger partial charge in [0.1, 0.15) is 0 Å². The summed E-state index contributed by atoms with van der Waals surface area (Å²) < 4.78 is 0. The summed E-state index contributed by atoms with van der Waals surface area (Å²) in [5.41, 5.74) is 3.55. The van der Waals surface area contributed by atoms with Gasteiger partial charge in [-0.25, -0.2) is 0 Å². The van der Waals surface area contributed by atoms with E-state index in [-0.39, 0.29) is 0 Å². The minimum Gasteiger partial charge on any atom is -0.362 e. The van der Waals surface area contributed by atoms with Gasteiger partial charge in [-0.1, -0.05) is 6.58 Å². The average Bonchev–Trinajstić information content (AvgIpc) is 1.83. The van der Waals surface area contributed by atoms with Crippen LogP contribution in [0.2, 0.25) is 0 Å². The van der Waals surface area contributed by atoms with Crippen LogP contribution in [0, 0.1) is 0 Å². The molecule has 0 bridgehead atoms. The zero-order valence-corrected chi connectivity index (χ0v) is 5.86. The minimum atomic E-state index is 1.01. The molecule has 0 aliphatic carbocycles. The number of allylic oxidation sites excluding steroid dienone is 3. The standard InChI is InChI=1S/C8H11N/c1-6-4-5-9-8(3)7(6)2/h4-5,9H,3H2,1-2H3. The Bertz CT molecular complexity index is 197. The van der Waals surface area contributed by atoms with Crippen molar-refractivity contribution in [2.24, 2.45) is 0 Å². The van der Waals surface area contributed by atoms with Crippen molar-refractivity contribution in [1.29, 1.82) is 0 Å². The van der Waals surface area contributed by atoms with Crippen molar-refractivity contribution >= 4 is 0 Å². The van der Waals surface area contributed by atoms with Crippen LogP contribution >= 0.6 is 0 Å². The Labute approximate surface area is 55.8 Å². The second kappa shape index (κ2) is 2.09. The summed E-state index contributed by atoms with van der Waals surface area (Å²) in [5, 5.41) is 3.03. The summed E-state index contributed by atoms with van der Waals surface area (Å²) in [6.45, 7) is 7.97. The van der Waals surface area contributed by atoms with Gasteiger partial charge in [0.05, 0.1) is 0 Å². The second-order valence-corrected chi connectivity index (χ2v) is 2.26. The minimum absolute atomic E-state index is 1.01. The lowest BCUT2D eigenvalue weighted by Gasteiger charge is -2.12. The molecule has 0 aromatic heterocycles. The van der Waals surface area contributed by atoms with Crippen LogP contribution in [0.25, 0.3) is 0 Å². The number of rotatable bonds is 0. The van der Waals surface area contributed by atoms with Crippen molar-refractivity contribution in [2.75, 3.05) is 0 Å². The van der Waals surface area contributed by atoms with Gasteiger partial charge >= 0.3 is 0 Å². The molecule has 1 nitrogen and oxygen atoms in total. The van der Waals surface area contributed by atoms with Crippen LogP contribution in [-0.4, -0.2) is 0 Å². The molecule has 1 heterocycles. The highest BCUT2D eigenvalue weighted by atomic mass is 14.9. The maximum absolute atomic E-state index is 3.83. The maximum atomic E-state index is 3.83. The molecule has 1 aliphatic heterocycles. The van der Waals surface area contributed by atoms with Gasteiger partial charge in [0, 0.05) is 11.9 Å². The molecule has 1 heteroatoms. The first kappa shape index (κ1) is 6.14. The Kier molecular flexibility index (Phi) is 1.43. The Morgan fingerprint density at radius 2 is 2.11 bits per heavy atom. The predicted molar refractivity (Wildman–Crippen MR) is 39.8 cm³/mol. The van der Waals surface area contributed by atoms with Gasteiger partial charge in [0.25, 0.3) is 0 Å². The molecule has 0 amide bonds. The molecule has 0 fully saturated rings. The van der Waals surface area contributed by atoms with Crippen LogP contribution < -0.4 is 5.32 Å². The van der Waals surface area contributed by atoms with Gasteiger partial charge < -0.3 is 5.32 Å². The van der Waals surface area contributed by atoms with Crippen LogP contribution in [0.5, 0.6) is 0 Å². The van der Waals surface area contributed by atoms with Crippen molar-refractivity contribution in [3.63, 3.8) is 0 Å². The van der Waals surface area contributed by atoms with Gasteiger partial charge in [0.2, 0.25) is 0 Å². The molecule has 0 spiro atoms. The van der Waals surface area contributed by atoms with E-state index in [0.717, 1.165) is 5.70 Å². The number of dihydropyridines is 1. The number of hydrogen-bond acceptors (Lipinski definition) is 1. The van der Waals surface area contributed by atoms with E-state index in [1.54, 1.807) is 0 Å². The van der Waals surface area contributed by atoms with Gasteiger partial charge in [-0.15, -0.1) is 0 Å². The summed E-state index contributed by atoms with van der Waals surface area (Å²) in [5.74, 6) is 0. The Morgan fingerprint density at radius 3 is 2.56 bits per heavy atom. The maximum Gasteiger partial charge on any atom is 0.0339 e. The monoisotopic (exact) mass is 121 g/mol. The van der Waals surface area contributed by atoms with Gasteiger partial charge in [0.15, 0.2) is 0 Å².